The first kappa shape index (κ1) is 16.3. The van der Waals surface area contributed by atoms with E-state index in [-0.39, 0.29) is 5.09 Å². The van der Waals surface area contributed by atoms with E-state index >= 15 is 0 Å². The molecule has 21 heavy (non-hydrogen) atoms. The average Bonchev–Trinajstić information content (AvgIpc) is 3.08. The van der Waals surface area contributed by atoms with Gasteiger partial charge in [0.25, 0.3) is 10.0 Å². The second-order valence-corrected chi connectivity index (χ2v) is 7.04. The molecule has 1 N–H and O–H groups in total. The summed E-state index contributed by atoms with van der Waals surface area (Å²) < 4.78 is 66.4. The molecule has 0 radical (unpaired) electrons. The fraction of sp³-hybridized carbons (Fsp3) is 0.667. The van der Waals surface area contributed by atoms with Crippen LogP contribution < -0.4 is 5.32 Å². The second kappa shape index (κ2) is 5.98. The lowest BCUT2D eigenvalue weighted by molar-refractivity contribution is -0.135. The molecule has 1 aliphatic rings. The number of nitrogens with zero attached hydrogens (tertiary/aromatic N) is 1. The topological polar surface area (TPSA) is 62.6 Å². The molecule has 0 bridgehead atoms. The van der Waals surface area contributed by atoms with E-state index in [2.05, 4.69) is 5.32 Å². The zero-order valence-corrected chi connectivity index (χ0v) is 12.3. The molecule has 1 heterocycles. The monoisotopic (exact) mass is 326 g/mol. The molecule has 1 aliphatic carbocycles. The average molecular weight is 326 g/mol. The maximum atomic E-state index is 12.1. The Labute approximate surface area is 121 Å². The molecule has 120 valence electrons. The molecule has 1 saturated carbocycles. The number of nitrogens with one attached hydrogen (secondary N) is 1. The van der Waals surface area contributed by atoms with E-state index < -0.39 is 29.2 Å². The van der Waals surface area contributed by atoms with Crippen molar-refractivity contribution in [3.8, 4) is 0 Å². The van der Waals surface area contributed by atoms with E-state index in [1.165, 1.54) is 12.1 Å². The normalized spacial score (nSPS) is 16.6. The molecule has 0 spiro atoms. The molecule has 0 aliphatic heterocycles. The summed E-state index contributed by atoms with van der Waals surface area (Å²) in [5.41, 5.74) is 0. The van der Waals surface area contributed by atoms with Crippen LogP contribution in [0.2, 0.25) is 0 Å². The van der Waals surface area contributed by atoms with Gasteiger partial charge in [-0.05, 0) is 25.0 Å². The number of rotatable bonds is 7. The van der Waals surface area contributed by atoms with Crippen molar-refractivity contribution in [3.63, 3.8) is 0 Å². The molecule has 1 fully saturated rings. The number of sulfonamides is 1. The van der Waals surface area contributed by atoms with Crippen LogP contribution in [0.1, 0.15) is 25.0 Å². The zero-order chi connectivity index (χ0) is 15.7. The maximum Gasteiger partial charge on any atom is 0.390 e. The molecule has 1 aromatic rings. The summed E-state index contributed by atoms with van der Waals surface area (Å²) in [4.78, 5) is 0. The molecule has 2 rings (SSSR count). The van der Waals surface area contributed by atoms with Gasteiger partial charge in [0.15, 0.2) is 0 Å². The Morgan fingerprint density at radius 2 is 2.05 bits per heavy atom. The summed E-state index contributed by atoms with van der Waals surface area (Å²) in [7, 11) is -2.92. The first-order valence-electron chi connectivity index (χ1n) is 6.54. The van der Waals surface area contributed by atoms with Gasteiger partial charge < -0.3 is 9.73 Å². The van der Waals surface area contributed by atoms with Crippen LogP contribution in [-0.2, 0) is 16.6 Å². The summed E-state index contributed by atoms with van der Waals surface area (Å²) >= 11 is 0. The van der Waals surface area contributed by atoms with Gasteiger partial charge in [0.2, 0.25) is 5.09 Å². The number of alkyl halides is 3. The van der Waals surface area contributed by atoms with Crippen molar-refractivity contribution in [1.82, 2.24) is 9.62 Å². The molecule has 0 atom stereocenters. The van der Waals surface area contributed by atoms with Gasteiger partial charge in [-0.3, -0.25) is 0 Å². The molecular weight excluding hydrogens is 309 g/mol. The lowest BCUT2D eigenvalue weighted by atomic mass is 10.4. The van der Waals surface area contributed by atoms with Gasteiger partial charge in [-0.1, -0.05) is 0 Å². The summed E-state index contributed by atoms with van der Waals surface area (Å²) in [6.45, 7) is -0.228. The summed E-state index contributed by atoms with van der Waals surface area (Å²) in [6, 6.07) is 3.23. The Bertz CT molecular complexity index is 579. The maximum absolute atomic E-state index is 12.1. The lowest BCUT2D eigenvalue weighted by Crippen LogP contribution is -2.30. The number of hydrogen-bond acceptors (Lipinski definition) is 4. The third kappa shape index (κ3) is 4.72. The Hall–Kier alpha value is -1.06. The van der Waals surface area contributed by atoms with Gasteiger partial charge in [-0.25, -0.2) is 8.42 Å². The van der Waals surface area contributed by atoms with Crippen LogP contribution in [0.5, 0.6) is 0 Å². The van der Waals surface area contributed by atoms with Gasteiger partial charge in [-0.15, -0.1) is 0 Å². The molecule has 0 saturated heterocycles. The van der Waals surface area contributed by atoms with Crippen molar-refractivity contribution < 1.29 is 26.0 Å². The SMILES string of the molecule is CN(CCC(F)(F)F)S(=O)(=O)c1ccc(CNC2CC2)o1. The number of furan rings is 1. The van der Waals surface area contributed by atoms with Gasteiger partial charge in [0.05, 0.1) is 13.0 Å². The molecular formula is C12H17F3N2O3S. The van der Waals surface area contributed by atoms with E-state index in [4.69, 9.17) is 4.42 Å². The molecule has 0 aromatic carbocycles. The van der Waals surface area contributed by atoms with E-state index in [1.54, 1.807) is 0 Å². The van der Waals surface area contributed by atoms with E-state index in [1.807, 2.05) is 0 Å². The first-order chi connectivity index (χ1) is 9.68. The van der Waals surface area contributed by atoms with Gasteiger partial charge >= 0.3 is 6.18 Å². The smallest absolute Gasteiger partial charge is 0.390 e. The number of halogens is 3. The van der Waals surface area contributed by atoms with Crippen molar-refractivity contribution in [2.45, 2.75) is 43.1 Å². The van der Waals surface area contributed by atoms with E-state index in [0.717, 1.165) is 19.9 Å². The van der Waals surface area contributed by atoms with Gasteiger partial charge in [-0.2, -0.15) is 17.5 Å². The van der Waals surface area contributed by atoms with Crippen LogP contribution in [0, 0.1) is 0 Å². The minimum absolute atomic E-state index is 0.334. The summed E-state index contributed by atoms with van der Waals surface area (Å²) in [5.74, 6) is 0.449. The fourth-order valence-corrected chi connectivity index (χ4v) is 2.77. The number of hydrogen-bond donors (Lipinski definition) is 1. The van der Waals surface area contributed by atoms with E-state index in [0.29, 0.717) is 22.7 Å². The van der Waals surface area contributed by atoms with Crippen LogP contribution >= 0.6 is 0 Å². The lowest BCUT2D eigenvalue weighted by Gasteiger charge is -2.16. The predicted molar refractivity (Wildman–Crippen MR) is 69.1 cm³/mol. The van der Waals surface area contributed by atoms with Crippen molar-refractivity contribution in [1.29, 1.82) is 0 Å². The van der Waals surface area contributed by atoms with Crippen LogP contribution in [0.25, 0.3) is 0 Å². The Morgan fingerprint density at radius 1 is 1.38 bits per heavy atom. The quantitative estimate of drug-likeness (QED) is 0.833. The van der Waals surface area contributed by atoms with Crippen molar-refractivity contribution in [3.05, 3.63) is 17.9 Å². The molecule has 0 unspecified atom stereocenters. The van der Waals surface area contributed by atoms with Crippen LogP contribution in [0.15, 0.2) is 21.6 Å². The Balaban J connectivity index is 1.97. The third-order valence-electron chi connectivity index (χ3n) is 3.15. The molecule has 0 amide bonds. The van der Waals surface area contributed by atoms with Crippen LogP contribution in [0.4, 0.5) is 13.2 Å². The Kier molecular flexibility index (Phi) is 4.64. The van der Waals surface area contributed by atoms with Crippen LogP contribution in [-0.4, -0.2) is 38.5 Å². The highest BCUT2D eigenvalue weighted by Gasteiger charge is 2.31. The standard InChI is InChI=1S/C12H17F3N2O3S/c1-17(7-6-12(13,14)15)21(18,19)11-5-4-10(20-11)8-16-9-2-3-9/h4-5,9,16H,2-3,6-8H2,1H3. The Morgan fingerprint density at radius 3 is 2.62 bits per heavy atom. The van der Waals surface area contributed by atoms with Gasteiger partial charge in [0, 0.05) is 19.6 Å². The van der Waals surface area contributed by atoms with E-state index in [9.17, 15) is 21.6 Å². The highest BCUT2D eigenvalue weighted by Crippen LogP contribution is 2.24. The van der Waals surface area contributed by atoms with Crippen molar-refractivity contribution >= 4 is 10.0 Å². The molecule has 1 aromatic heterocycles. The third-order valence-corrected chi connectivity index (χ3v) is 4.89. The zero-order valence-electron chi connectivity index (χ0n) is 11.5. The minimum atomic E-state index is -4.40. The van der Waals surface area contributed by atoms with Crippen molar-refractivity contribution in [2.24, 2.45) is 0 Å². The van der Waals surface area contributed by atoms with Crippen molar-refractivity contribution in [2.75, 3.05) is 13.6 Å². The summed E-state index contributed by atoms with van der Waals surface area (Å²) in [5, 5.41) is 2.83. The highest BCUT2D eigenvalue weighted by atomic mass is 32.2. The fourth-order valence-electron chi connectivity index (χ4n) is 1.68. The largest absolute Gasteiger partial charge is 0.447 e. The minimum Gasteiger partial charge on any atom is -0.447 e. The van der Waals surface area contributed by atoms with Crippen LogP contribution in [0.3, 0.4) is 0 Å². The molecule has 5 nitrogen and oxygen atoms in total. The molecule has 9 heteroatoms. The van der Waals surface area contributed by atoms with Gasteiger partial charge in [0.1, 0.15) is 5.76 Å². The highest BCUT2D eigenvalue weighted by molar-refractivity contribution is 7.89. The first-order valence-corrected chi connectivity index (χ1v) is 7.98. The summed E-state index contributed by atoms with van der Waals surface area (Å²) in [6.07, 6.45) is -3.41. The second-order valence-electron chi connectivity index (χ2n) is 5.07. The predicted octanol–water partition coefficient (Wildman–Crippen LogP) is 2.10.